The van der Waals surface area contributed by atoms with Gasteiger partial charge < -0.3 is 0 Å². The van der Waals surface area contributed by atoms with E-state index in [1.54, 1.807) is 24.3 Å². The van der Waals surface area contributed by atoms with Gasteiger partial charge in [-0.2, -0.15) is 0 Å². The Labute approximate surface area is 107 Å². The van der Waals surface area contributed by atoms with Crippen LogP contribution in [0.15, 0.2) is 36.4 Å². The minimum absolute atomic E-state index is 0.0872. The van der Waals surface area contributed by atoms with Crippen LogP contribution in [0.3, 0.4) is 0 Å². The van der Waals surface area contributed by atoms with Gasteiger partial charge in [0.05, 0.1) is 16.7 Å². The van der Waals surface area contributed by atoms with Crippen LogP contribution in [0.5, 0.6) is 0 Å². The van der Waals surface area contributed by atoms with E-state index in [0.717, 1.165) is 5.56 Å². The van der Waals surface area contributed by atoms with E-state index in [-0.39, 0.29) is 10.8 Å². The van der Waals surface area contributed by atoms with E-state index in [1.807, 2.05) is 0 Å². The molecule has 4 nitrogen and oxygen atoms in total. The van der Waals surface area contributed by atoms with E-state index >= 15 is 0 Å². The highest BCUT2D eigenvalue weighted by Gasteiger charge is 2.11. The van der Waals surface area contributed by atoms with Crippen LogP contribution in [-0.2, 0) is 0 Å². The maximum absolute atomic E-state index is 10.7. The Balaban J connectivity index is 2.51. The maximum Gasteiger partial charge on any atom is 0.274 e. The molecule has 1 aromatic carbocycles. The lowest BCUT2D eigenvalue weighted by Crippen LogP contribution is -1.91. The molecule has 0 spiro atoms. The smallest absolute Gasteiger partial charge is 0.258 e. The zero-order valence-electron chi connectivity index (χ0n) is 8.43. The second-order valence-electron chi connectivity index (χ2n) is 3.30. The fourth-order valence-electron chi connectivity index (χ4n) is 1.36. The van der Waals surface area contributed by atoms with E-state index in [0.29, 0.717) is 10.7 Å². The van der Waals surface area contributed by atoms with Gasteiger partial charge >= 0.3 is 0 Å². The average molecular weight is 269 g/mol. The summed E-state index contributed by atoms with van der Waals surface area (Å²) in [5.74, 6) is 0. The summed E-state index contributed by atoms with van der Waals surface area (Å²) >= 11 is 11.5. The number of pyridine rings is 1. The Morgan fingerprint density at radius 1 is 1.12 bits per heavy atom. The number of halogens is 2. The highest BCUT2D eigenvalue weighted by Crippen LogP contribution is 2.25. The monoisotopic (exact) mass is 268 g/mol. The molecule has 0 unspecified atom stereocenters. The molecule has 0 bridgehead atoms. The Bertz CT molecular complexity index is 570. The lowest BCUT2D eigenvalue weighted by molar-refractivity contribution is -0.384. The Kier molecular flexibility index (Phi) is 3.26. The molecule has 0 saturated heterocycles. The molecule has 6 heteroatoms. The van der Waals surface area contributed by atoms with Gasteiger partial charge in [0.15, 0.2) is 0 Å². The number of rotatable bonds is 2. The van der Waals surface area contributed by atoms with E-state index in [9.17, 15) is 10.1 Å². The summed E-state index contributed by atoms with van der Waals surface area (Å²) in [7, 11) is 0. The van der Waals surface area contributed by atoms with Crippen LogP contribution in [0.1, 0.15) is 0 Å². The van der Waals surface area contributed by atoms with Crippen molar-refractivity contribution in [1.82, 2.24) is 4.98 Å². The highest BCUT2D eigenvalue weighted by molar-refractivity contribution is 6.30. The molecule has 0 fully saturated rings. The first-order chi connectivity index (χ1) is 8.06. The molecule has 1 heterocycles. The van der Waals surface area contributed by atoms with Crippen LogP contribution in [0, 0.1) is 10.1 Å². The molecule has 86 valence electrons. The van der Waals surface area contributed by atoms with Gasteiger partial charge in [-0.1, -0.05) is 35.3 Å². The maximum atomic E-state index is 10.7. The first-order valence-electron chi connectivity index (χ1n) is 4.64. The normalized spacial score (nSPS) is 10.2. The van der Waals surface area contributed by atoms with Crippen molar-refractivity contribution in [3.63, 3.8) is 0 Å². The van der Waals surface area contributed by atoms with Gasteiger partial charge in [-0.15, -0.1) is 0 Å². The molecule has 1 aromatic heterocycles. The fraction of sp³-hybridized carbons (Fsp3) is 0. The van der Waals surface area contributed by atoms with Crippen molar-refractivity contribution in [1.29, 1.82) is 0 Å². The van der Waals surface area contributed by atoms with Gasteiger partial charge in [0.1, 0.15) is 5.15 Å². The second-order valence-corrected chi connectivity index (χ2v) is 4.12. The zero-order chi connectivity index (χ0) is 12.4. The molecule has 0 atom stereocenters. The molecule has 0 amide bonds. The minimum Gasteiger partial charge on any atom is -0.258 e. The molecule has 0 N–H and O–H groups in total. The van der Waals surface area contributed by atoms with Crippen LogP contribution in [0.25, 0.3) is 11.3 Å². The number of hydrogen-bond donors (Lipinski definition) is 0. The van der Waals surface area contributed by atoms with E-state index in [4.69, 9.17) is 23.2 Å². The Morgan fingerprint density at radius 3 is 2.35 bits per heavy atom. The topological polar surface area (TPSA) is 56.0 Å². The summed E-state index contributed by atoms with van der Waals surface area (Å²) in [6.45, 7) is 0. The van der Waals surface area contributed by atoms with Crippen molar-refractivity contribution in [3.05, 3.63) is 56.7 Å². The van der Waals surface area contributed by atoms with Crippen LogP contribution in [-0.4, -0.2) is 9.91 Å². The number of nitrogens with zero attached hydrogens (tertiary/aromatic N) is 2. The van der Waals surface area contributed by atoms with Crippen molar-refractivity contribution in [2.24, 2.45) is 0 Å². The van der Waals surface area contributed by atoms with Gasteiger partial charge in [0.25, 0.3) is 5.69 Å². The van der Waals surface area contributed by atoms with E-state index < -0.39 is 4.92 Å². The Hall–Kier alpha value is -1.65. The zero-order valence-corrected chi connectivity index (χ0v) is 9.94. The average Bonchev–Trinajstić information content (AvgIpc) is 2.29. The lowest BCUT2D eigenvalue weighted by atomic mass is 10.1. The van der Waals surface area contributed by atoms with Gasteiger partial charge in [0, 0.05) is 16.7 Å². The molecule has 0 aliphatic carbocycles. The summed E-state index contributed by atoms with van der Waals surface area (Å²) < 4.78 is 0. The molecule has 2 aromatic rings. The molecule has 0 aliphatic heterocycles. The van der Waals surface area contributed by atoms with Gasteiger partial charge in [0.2, 0.25) is 0 Å². The summed E-state index contributed by atoms with van der Waals surface area (Å²) in [4.78, 5) is 14.2. The quantitative estimate of drug-likeness (QED) is 0.471. The Morgan fingerprint density at radius 2 is 1.76 bits per heavy atom. The fourth-order valence-corrected chi connectivity index (χ4v) is 1.69. The number of benzene rings is 1. The molecular weight excluding hydrogens is 263 g/mol. The summed E-state index contributed by atoms with van der Waals surface area (Å²) in [6.07, 6.45) is 0. The van der Waals surface area contributed by atoms with Crippen molar-refractivity contribution in [3.8, 4) is 11.3 Å². The summed E-state index contributed by atoms with van der Waals surface area (Å²) in [5.41, 5.74) is 1.08. The molecular formula is C11H6Cl2N2O2. The van der Waals surface area contributed by atoms with Crippen molar-refractivity contribution in [2.45, 2.75) is 0 Å². The number of nitro groups is 1. The minimum atomic E-state index is -0.507. The predicted molar refractivity (Wildman–Crippen MR) is 66.3 cm³/mol. The van der Waals surface area contributed by atoms with Crippen LogP contribution < -0.4 is 0 Å². The van der Waals surface area contributed by atoms with Crippen LogP contribution in [0.2, 0.25) is 10.2 Å². The number of hydrogen-bond acceptors (Lipinski definition) is 3. The highest BCUT2D eigenvalue weighted by atomic mass is 35.5. The van der Waals surface area contributed by atoms with E-state index in [1.165, 1.54) is 12.1 Å². The number of aromatic nitrogens is 1. The van der Waals surface area contributed by atoms with Gasteiger partial charge in [-0.05, 0) is 12.1 Å². The van der Waals surface area contributed by atoms with Gasteiger partial charge in [-0.3, -0.25) is 10.1 Å². The SMILES string of the molecule is O=[N+]([O-])c1cc(Cl)nc(-c2ccc(Cl)cc2)c1. The standard InChI is InChI=1S/C11H6Cl2N2O2/c12-8-3-1-7(2-4-8)10-5-9(15(16)17)6-11(13)14-10/h1-6H. The van der Waals surface area contributed by atoms with Crippen LogP contribution in [0.4, 0.5) is 5.69 Å². The predicted octanol–water partition coefficient (Wildman–Crippen LogP) is 3.96. The third-order valence-corrected chi connectivity index (χ3v) is 2.58. The third-order valence-electron chi connectivity index (χ3n) is 2.13. The largest absolute Gasteiger partial charge is 0.274 e. The molecule has 17 heavy (non-hydrogen) atoms. The van der Waals surface area contributed by atoms with Gasteiger partial charge in [-0.25, -0.2) is 4.98 Å². The van der Waals surface area contributed by atoms with Crippen LogP contribution >= 0.6 is 23.2 Å². The van der Waals surface area contributed by atoms with Crippen molar-refractivity contribution in [2.75, 3.05) is 0 Å². The molecule has 2 rings (SSSR count). The van der Waals surface area contributed by atoms with Crippen molar-refractivity contribution < 1.29 is 4.92 Å². The lowest BCUT2D eigenvalue weighted by Gasteiger charge is -2.01. The first-order valence-corrected chi connectivity index (χ1v) is 5.40. The molecule has 0 radical (unpaired) electrons. The summed E-state index contributed by atoms with van der Waals surface area (Å²) in [6, 6.07) is 9.40. The third kappa shape index (κ3) is 2.72. The second kappa shape index (κ2) is 4.69. The van der Waals surface area contributed by atoms with Crippen molar-refractivity contribution >= 4 is 28.9 Å². The summed E-state index contributed by atoms with van der Waals surface area (Å²) in [5, 5.41) is 11.4. The first kappa shape index (κ1) is 11.8. The molecule has 0 aliphatic rings. The molecule has 0 saturated carbocycles. The van der Waals surface area contributed by atoms with E-state index in [2.05, 4.69) is 4.98 Å².